The molecule has 1 atom stereocenters. The number of hydrogen-bond donors (Lipinski definition) is 1. The molecule has 0 fully saturated rings. The standard InChI is InChI=1S/C31H38BrN3O5S/c1-23(2)33-31(37)28(21-24-11-6-5-7-12-24)34(22-25-16-18-26(32)19-17-25)30(36)15-10-20-35(41(4,38)39)27-13-8-9-14-29(27)40-3/h5-9,11-14,16-19,23,28H,10,15,20-22H2,1-4H3,(H,33,37)/t28-/m0/s1. The zero-order valence-electron chi connectivity index (χ0n) is 23.9. The minimum Gasteiger partial charge on any atom is -0.495 e. The molecule has 0 spiro atoms. The zero-order valence-corrected chi connectivity index (χ0v) is 26.3. The van der Waals surface area contributed by atoms with Crippen LogP contribution in [0.15, 0.2) is 83.3 Å². The van der Waals surface area contributed by atoms with E-state index in [9.17, 15) is 18.0 Å². The van der Waals surface area contributed by atoms with Gasteiger partial charge in [0.1, 0.15) is 11.8 Å². The Bertz CT molecular complexity index is 1400. The molecule has 0 aliphatic carbocycles. The molecule has 0 unspecified atom stereocenters. The van der Waals surface area contributed by atoms with E-state index >= 15 is 0 Å². The molecule has 3 aromatic rings. The lowest BCUT2D eigenvalue weighted by Crippen LogP contribution is -2.51. The second-order valence-electron chi connectivity index (χ2n) is 10.1. The van der Waals surface area contributed by atoms with Crippen LogP contribution < -0.4 is 14.4 Å². The van der Waals surface area contributed by atoms with Crippen molar-refractivity contribution in [3.63, 3.8) is 0 Å². The van der Waals surface area contributed by atoms with Crippen molar-refractivity contribution in [1.82, 2.24) is 10.2 Å². The minimum absolute atomic E-state index is 0.0535. The first-order chi connectivity index (χ1) is 19.5. The van der Waals surface area contributed by atoms with Crippen molar-refractivity contribution in [2.75, 3.05) is 24.2 Å². The van der Waals surface area contributed by atoms with E-state index in [0.717, 1.165) is 21.9 Å². The van der Waals surface area contributed by atoms with Crippen molar-refractivity contribution in [2.24, 2.45) is 0 Å². The Morgan fingerprint density at radius 1 is 0.927 bits per heavy atom. The van der Waals surface area contributed by atoms with Crippen molar-refractivity contribution >= 4 is 43.5 Å². The van der Waals surface area contributed by atoms with Crippen LogP contribution in [0, 0.1) is 0 Å². The largest absolute Gasteiger partial charge is 0.495 e. The number of rotatable bonds is 14. The molecule has 220 valence electrons. The Kier molecular flexibility index (Phi) is 11.8. The molecule has 2 amide bonds. The lowest BCUT2D eigenvalue weighted by Gasteiger charge is -2.32. The molecule has 0 saturated heterocycles. The number of amides is 2. The summed E-state index contributed by atoms with van der Waals surface area (Å²) >= 11 is 3.45. The molecular formula is C31H38BrN3O5S. The second kappa shape index (κ2) is 15.0. The molecule has 10 heteroatoms. The highest BCUT2D eigenvalue weighted by molar-refractivity contribution is 9.10. The molecule has 0 heterocycles. The number of para-hydroxylation sites is 2. The molecule has 8 nitrogen and oxygen atoms in total. The van der Waals surface area contributed by atoms with Crippen LogP contribution in [0.2, 0.25) is 0 Å². The predicted octanol–water partition coefficient (Wildman–Crippen LogP) is 5.17. The molecule has 0 aliphatic heterocycles. The zero-order chi connectivity index (χ0) is 30.0. The van der Waals surface area contributed by atoms with Gasteiger partial charge in [0.15, 0.2) is 0 Å². The highest BCUT2D eigenvalue weighted by Gasteiger charge is 2.31. The van der Waals surface area contributed by atoms with Crippen LogP contribution in [0.25, 0.3) is 0 Å². The fourth-order valence-corrected chi connectivity index (χ4v) is 5.77. The van der Waals surface area contributed by atoms with Crippen LogP contribution in [-0.2, 0) is 32.6 Å². The van der Waals surface area contributed by atoms with Gasteiger partial charge in [-0.25, -0.2) is 8.42 Å². The number of sulfonamides is 1. The Morgan fingerprint density at radius 3 is 2.17 bits per heavy atom. The molecule has 3 aromatic carbocycles. The lowest BCUT2D eigenvalue weighted by molar-refractivity contribution is -0.141. The van der Waals surface area contributed by atoms with Gasteiger partial charge in [-0.2, -0.15) is 0 Å². The minimum atomic E-state index is -3.65. The third kappa shape index (κ3) is 9.60. The summed E-state index contributed by atoms with van der Waals surface area (Å²) in [5.41, 5.74) is 2.23. The lowest BCUT2D eigenvalue weighted by atomic mass is 10.0. The fraction of sp³-hybridized carbons (Fsp3) is 0.355. The van der Waals surface area contributed by atoms with Crippen LogP contribution >= 0.6 is 15.9 Å². The van der Waals surface area contributed by atoms with Crippen LogP contribution in [-0.4, -0.2) is 57.1 Å². The number of nitrogens with one attached hydrogen (secondary N) is 1. The van der Waals surface area contributed by atoms with Crippen LogP contribution in [0.4, 0.5) is 5.69 Å². The van der Waals surface area contributed by atoms with Gasteiger partial charge in [-0.1, -0.05) is 70.5 Å². The Morgan fingerprint density at radius 2 is 1.56 bits per heavy atom. The summed E-state index contributed by atoms with van der Waals surface area (Å²) in [5, 5.41) is 2.98. The summed E-state index contributed by atoms with van der Waals surface area (Å²) in [6, 6.07) is 23.2. The summed E-state index contributed by atoms with van der Waals surface area (Å²) in [6.07, 6.45) is 1.79. The second-order valence-corrected chi connectivity index (χ2v) is 12.9. The first kappa shape index (κ1) is 32.1. The monoisotopic (exact) mass is 643 g/mol. The number of carbonyl (C=O) groups is 2. The van der Waals surface area contributed by atoms with Crippen LogP contribution in [0.5, 0.6) is 5.75 Å². The maximum Gasteiger partial charge on any atom is 0.243 e. The molecule has 41 heavy (non-hydrogen) atoms. The van der Waals surface area contributed by atoms with Gasteiger partial charge in [-0.3, -0.25) is 13.9 Å². The van der Waals surface area contributed by atoms with Crippen LogP contribution in [0.1, 0.15) is 37.8 Å². The number of hydrogen-bond acceptors (Lipinski definition) is 5. The number of anilines is 1. The summed E-state index contributed by atoms with van der Waals surface area (Å²) in [6.45, 7) is 4.09. The van der Waals surface area contributed by atoms with Crippen molar-refractivity contribution < 1.29 is 22.7 Å². The first-order valence-corrected chi connectivity index (χ1v) is 16.1. The molecular weight excluding hydrogens is 606 g/mol. The topological polar surface area (TPSA) is 96.0 Å². The summed E-state index contributed by atoms with van der Waals surface area (Å²) in [5.74, 6) is -0.0447. The van der Waals surface area contributed by atoms with Gasteiger partial charge >= 0.3 is 0 Å². The molecule has 0 radical (unpaired) electrons. The van der Waals surface area contributed by atoms with Gasteiger partial charge in [0.05, 0.1) is 19.1 Å². The van der Waals surface area contributed by atoms with E-state index in [-0.39, 0.29) is 43.8 Å². The summed E-state index contributed by atoms with van der Waals surface area (Å²) in [7, 11) is -2.16. The average Bonchev–Trinajstić information content (AvgIpc) is 2.93. The van der Waals surface area contributed by atoms with Gasteiger partial charge in [0, 0.05) is 36.4 Å². The van der Waals surface area contributed by atoms with E-state index in [1.807, 2.05) is 68.4 Å². The van der Waals surface area contributed by atoms with Crippen molar-refractivity contribution in [2.45, 2.75) is 51.7 Å². The Labute approximate surface area is 251 Å². The quantitative estimate of drug-likeness (QED) is 0.262. The normalized spacial score (nSPS) is 12.0. The van der Waals surface area contributed by atoms with E-state index in [1.54, 1.807) is 29.2 Å². The van der Waals surface area contributed by atoms with E-state index in [4.69, 9.17) is 4.74 Å². The highest BCUT2D eigenvalue weighted by Crippen LogP contribution is 2.30. The van der Waals surface area contributed by atoms with Gasteiger partial charge in [0.25, 0.3) is 0 Å². The highest BCUT2D eigenvalue weighted by atomic mass is 79.9. The summed E-state index contributed by atoms with van der Waals surface area (Å²) in [4.78, 5) is 29.0. The average molecular weight is 645 g/mol. The third-order valence-corrected chi connectivity index (χ3v) is 8.18. The molecule has 1 N–H and O–H groups in total. The van der Waals surface area contributed by atoms with Crippen LogP contribution in [0.3, 0.4) is 0 Å². The van der Waals surface area contributed by atoms with E-state index in [1.165, 1.54) is 11.4 Å². The number of ether oxygens (including phenoxy) is 1. The van der Waals surface area contributed by atoms with Gasteiger partial charge in [0.2, 0.25) is 21.8 Å². The van der Waals surface area contributed by atoms with Crippen molar-refractivity contribution in [3.05, 3.63) is 94.5 Å². The molecule has 3 rings (SSSR count). The van der Waals surface area contributed by atoms with Crippen molar-refractivity contribution in [1.29, 1.82) is 0 Å². The number of benzene rings is 3. The number of halogens is 1. The van der Waals surface area contributed by atoms with E-state index < -0.39 is 16.1 Å². The smallest absolute Gasteiger partial charge is 0.243 e. The number of methoxy groups -OCH3 is 1. The predicted molar refractivity (Wildman–Crippen MR) is 166 cm³/mol. The van der Waals surface area contributed by atoms with Gasteiger partial charge in [-0.05, 0) is 55.7 Å². The Balaban J connectivity index is 1.89. The SMILES string of the molecule is COc1ccccc1N(CCCC(=O)N(Cc1ccc(Br)cc1)[C@@H](Cc1ccccc1)C(=O)NC(C)C)S(C)(=O)=O. The molecule has 0 saturated carbocycles. The van der Waals surface area contributed by atoms with Crippen molar-refractivity contribution in [3.8, 4) is 5.75 Å². The summed E-state index contributed by atoms with van der Waals surface area (Å²) < 4.78 is 32.9. The first-order valence-electron chi connectivity index (χ1n) is 13.5. The van der Waals surface area contributed by atoms with Gasteiger partial charge in [-0.15, -0.1) is 0 Å². The number of nitrogens with zero attached hydrogens (tertiary/aromatic N) is 2. The van der Waals surface area contributed by atoms with Gasteiger partial charge < -0.3 is 15.0 Å². The van der Waals surface area contributed by atoms with E-state index in [2.05, 4.69) is 21.2 Å². The third-order valence-electron chi connectivity index (χ3n) is 6.47. The molecule has 0 aliphatic rings. The maximum absolute atomic E-state index is 13.9. The molecule has 0 aromatic heterocycles. The number of carbonyl (C=O) groups excluding carboxylic acids is 2. The fourth-order valence-electron chi connectivity index (χ4n) is 4.54. The maximum atomic E-state index is 13.9. The molecule has 0 bridgehead atoms. The Hall–Kier alpha value is -3.37. The van der Waals surface area contributed by atoms with E-state index in [0.29, 0.717) is 17.9 Å².